The summed E-state index contributed by atoms with van der Waals surface area (Å²) in [5.74, 6) is 2.09. The molecule has 0 bridgehead atoms. The molecule has 0 atom stereocenters. The predicted molar refractivity (Wildman–Crippen MR) is 131 cm³/mol. The number of para-hydroxylation sites is 2. The molecule has 1 N–H and O–H groups in total. The quantitative estimate of drug-likeness (QED) is 0.282. The second kappa shape index (κ2) is 12.7. The van der Waals surface area contributed by atoms with Crippen LogP contribution < -0.4 is 10.1 Å². The molecule has 2 aromatic carbocycles. The summed E-state index contributed by atoms with van der Waals surface area (Å²) in [4.78, 5) is 16.4. The molecule has 1 amide bonds. The van der Waals surface area contributed by atoms with E-state index in [0.717, 1.165) is 75.3 Å². The number of aryl methyl sites for hydroxylation is 3. The van der Waals surface area contributed by atoms with Crippen molar-refractivity contribution >= 4 is 16.9 Å². The number of carbonyl (C=O) groups excluding carboxylic acids is 1. The van der Waals surface area contributed by atoms with Crippen molar-refractivity contribution in [3.8, 4) is 5.75 Å². The van der Waals surface area contributed by atoms with Crippen molar-refractivity contribution in [1.29, 1.82) is 0 Å². The summed E-state index contributed by atoms with van der Waals surface area (Å²) in [5.41, 5.74) is 3.50. The summed E-state index contributed by atoms with van der Waals surface area (Å²) >= 11 is 0. The molecule has 0 aliphatic carbocycles. The highest BCUT2D eigenvalue weighted by atomic mass is 16.5. The second-order valence-corrected chi connectivity index (χ2v) is 8.14. The predicted octanol–water partition coefficient (Wildman–Crippen LogP) is 5.61. The fraction of sp³-hybridized carbons (Fsp3) is 0.407. The standard InChI is InChI=1S/C27H35N3O2/c1-3-12-27(31)28-18-8-4-5-17-26-29-24-15-6-7-16-25(24)30(26)19-9-10-20-32-23-14-11-13-22(2)21-23/h3,6-7,11-16,21H,4-5,8-10,17-20H2,1-2H3,(H,28,31)/b12-3+. The molecule has 3 aromatic rings. The molecule has 0 radical (unpaired) electrons. The van der Waals surface area contributed by atoms with Crippen LogP contribution in [0.4, 0.5) is 0 Å². The third-order valence-electron chi connectivity index (χ3n) is 5.46. The lowest BCUT2D eigenvalue weighted by molar-refractivity contribution is -0.116. The summed E-state index contributed by atoms with van der Waals surface area (Å²) in [6, 6.07) is 16.6. The largest absolute Gasteiger partial charge is 0.494 e. The zero-order chi connectivity index (χ0) is 22.6. The van der Waals surface area contributed by atoms with Gasteiger partial charge in [0, 0.05) is 19.5 Å². The number of hydrogen-bond acceptors (Lipinski definition) is 3. The maximum absolute atomic E-state index is 11.5. The molecule has 0 unspecified atom stereocenters. The average molecular weight is 434 g/mol. The van der Waals surface area contributed by atoms with Crippen LogP contribution in [-0.4, -0.2) is 28.6 Å². The van der Waals surface area contributed by atoms with E-state index in [9.17, 15) is 4.79 Å². The van der Waals surface area contributed by atoms with Crippen LogP contribution in [0, 0.1) is 6.92 Å². The molecule has 0 spiro atoms. The van der Waals surface area contributed by atoms with Gasteiger partial charge >= 0.3 is 0 Å². The van der Waals surface area contributed by atoms with Gasteiger partial charge in [-0.15, -0.1) is 0 Å². The third kappa shape index (κ3) is 7.26. The van der Waals surface area contributed by atoms with E-state index in [2.05, 4.69) is 47.1 Å². The zero-order valence-electron chi connectivity index (χ0n) is 19.3. The van der Waals surface area contributed by atoms with Crippen molar-refractivity contribution < 1.29 is 9.53 Å². The van der Waals surface area contributed by atoms with Crippen LogP contribution in [0.5, 0.6) is 5.75 Å². The van der Waals surface area contributed by atoms with Gasteiger partial charge in [0.05, 0.1) is 17.6 Å². The zero-order valence-corrected chi connectivity index (χ0v) is 19.3. The maximum atomic E-state index is 11.5. The Balaban J connectivity index is 1.46. The average Bonchev–Trinajstić information content (AvgIpc) is 3.13. The Morgan fingerprint density at radius 2 is 1.94 bits per heavy atom. The molecule has 0 aliphatic rings. The highest BCUT2D eigenvalue weighted by Crippen LogP contribution is 2.19. The van der Waals surface area contributed by atoms with E-state index in [1.165, 1.54) is 11.1 Å². The Bertz CT molecular complexity index is 1020. The lowest BCUT2D eigenvalue weighted by atomic mass is 10.2. The molecule has 0 aliphatic heterocycles. The number of hydrogen-bond donors (Lipinski definition) is 1. The lowest BCUT2D eigenvalue weighted by Gasteiger charge is -2.10. The molecule has 3 rings (SSSR count). The van der Waals surface area contributed by atoms with E-state index < -0.39 is 0 Å². The van der Waals surface area contributed by atoms with E-state index >= 15 is 0 Å². The smallest absolute Gasteiger partial charge is 0.243 e. The number of ether oxygens (including phenoxy) is 1. The van der Waals surface area contributed by atoms with Gasteiger partial charge in [-0.25, -0.2) is 4.98 Å². The number of unbranched alkanes of at least 4 members (excludes halogenated alkanes) is 3. The monoisotopic (exact) mass is 433 g/mol. The van der Waals surface area contributed by atoms with Gasteiger partial charge in [-0.1, -0.05) is 36.8 Å². The molecule has 5 nitrogen and oxygen atoms in total. The van der Waals surface area contributed by atoms with Crippen molar-refractivity contribution in [3.05, 3.63) is 72.1 Å². The number of carbonyl (C=O) groups is 1. The van der Waals surface area contributed by atoms with E-state index in [0.29, 0.717) is 0 Å². The molecule has 0 saturated heterocycles. The molecule has 5 heteroatoms. The first-order valence-electron chi connectivity index (χ1n) is 11.7. The van der Waals surface area contributed by atoms with Gasteiger partial charge in [0.1, 0.15) is 11.6 Å². The molecule has 170 valence electrons. The summed E-state index contributed by atoms with van der Waals surface area (Å²) < 4.78 is 8.27. The molecule has 32 heavy (non-hydrogen) atoms. The van der Waals surface area contributed by atoms with Gasteiger partial charge in [0.15, 0.2) is 0 Å². The summed E-state index contributed by atoms with van der Waals surface area (Å²) in [7, 11) is 0. The number of aromatic nitrogens is 2. The molecular weight excluding hydrogens is 398 g/mol. The van der Waals surface area contributed by atoms with Gasteiger partial charge in [-0.05, 0) is 75.4 Å². The molecule has 0 fully saturated rings. The van der Waals surface area contributed by atoms with Gasteiger partial charge in [-0.3, -0.25) is 4.79 Å². The normalized spacial score (nSPS) is 11.3. The minimum Gasteiger partial charge on any atom is -0.494 e. The van der Waals surface area contributed by atoms with Crippen molar-refractivity contribution in [2.45, 2.75) is 58.9 Å². The van der Waals surface area contributed by atoms with E-state index in [1.807, 2.05) is 25.1 Å². The van der Waals surface area contributed by atoms with Crippen LogP contribution in [0.1, 0.15) is 50.4 Å². The number of benzene rings is 2. The van der Waals surface area contributed by atoms with Crippen LogP contribution in [0.3, 0.4) is 0 Å². The SMILES string of the molecule is C/C=C/C(=O)NCCCCCc1nc2ccccc2n1CCCCOc1cccc(C)c1. The van der Waals surface area contributed by atoms with Crippen LogP contribution in [-0.2, 0) is 17.8 Å². The Labute approximate surface area is 191 Å². The second-order valence-electron chi connectivity index (χ2n) is 8.14. The van der Waals surface area contributed by atoms with E-state index in [4.69, 9.17) is 9.72 Å². The van der Waals surface area contributed by atoms with Crippen LogP contribution in [0.2, 0.25) is 0 Å². The fourth-order valence-corrected chi connectivity index (χ4v) is 3.84. The number of rotatable bonds is 13. The lowest BCUT2D eigenvalue weighted by Crippen LogP contribution is -2.21. The third-order valence-corrected chi connectivity index (χ3v) is 5.46. The Kier molecular flexibility index (Phi) is 9.36. The maximum Gasteiger partial charge on any atom is 0.243 e. The molecular formula is C27H35N3O2. The van der Waals surface area contributed by atoms with Crippen molar-refractivity contribution in [1.82, 2.24) is 14.9 Å². The first kappa shape index (κ1) is 23.6. The number of nitrogens with zero attached hydrogens (tertiary/aromatic N) is 2. The van der Waals surface area contributed by atoms with E-state index in [1.54, 1.807) is 12.2 Å². The topological polar surface area (TPSA) is 56.2 Å². The van der Waals surface area contributed by atoms with Crippen LogP contribution in [0.25, 0.3) is 11.0 Å². The molecule has 0 saturated carbocycles. The molecule has 1 aromatic heterocycles. The van der Waals surface area contributed by atoms with Gasteiger partial charge in [0.2, 0.25) is 5.91 Å². The summed E-state index contributed by atoms with van der Waals surface area (Å²) in [6.45, 7) is 6.33. The Morgan fingerprint density at radius 3 is 2.78 bits per heavy atom. The van der Waals surface area contributed by atoms with Crippen LogP contribution in [0.15, 0.2) is 60.7 Å². The van der Waals surface area contributed by atoms with Crippen molar-refractivity contribution in [2.24, 2.45) is 0 Å². The van der Waals surface area contributed by atoms with Gasteiger partial charge in [0.25, 0.3) is 0 Å². The highest BCUT2D eigenvalue weighted by Gasteiger charge is 2.10. The fourth-order valence-electron chi connectivity index (χ4n) is 3.84. The van der Waals surface area contributed by atoms with Crippen molar-refractivity contribution in [3.63, 3.8) is 0 Å². The summed E-state index contributed by atoms with van der Waals surface area (Å²) in [6.07, 6.45) is 9.46. The minimum atomic E-state index is -0.0133. The Morgan fingerprint density at radius 1 is 1.06 bits per heavy atom. The minimum absolute atomic E-state index is 0.0133. The Hall–Kier alpha value is -3.08. The first-order valence-corrected chi connectivity index (χ1v) is 11.7. The number of amides is 1. The number of nitrogens with one attached hydrogen (secondary N) is 1. The van der Waals surface area contributed by atoms with Crippen LogP contribution >= 0.6 is 0 Å². The van der Waals surface area contributed by atoms with Gasteiger partial charge < -0.3 is 14.6 Å². The number of fused-ring (bicyclic) bond motifs is 1. The highest BCUT2D eigenvalue weighted by molar-refractivity contribution is 5.87. The van der Waals surface area contributed by atoms with Gasteiger partial charge in [-0.2, -0.15) is 0 Å². The van der Waals surface area contributed by atoms with E-state index in [-0.39, 0.29) is 5.91 Å². The first-order chi connectivity index (χ1) is 15.7. The molecule has 1 heterocycles. The summed E-state index contributed by atoms with van der Waals surface area (Å²) in [5, 5.41) is 2.91. The van der Waals surface area contributed by atoms with Crippen molar-refractivity contribution in [2.75, 3.05) is 13.2 Å². The number of allylic oxidation sites excluding steroid dienone is 1. The number of imidazole rings is 1.